The van der Waals surface area contributed by atoms with Crippen molar-refractivity contribution >= 4 is 28.3 Å². The maximum Gasteiger partial charge on any atom is 0.196 e. The second kappa shape index (κ2) is 6.13. The van der Waals surface area contributed by atoms with Gasteiger partial charge in [0, 0.05) is 17.3 Å². The van der Waals surface area contributed by atoms with E-state index in [1.54, 1.807) is 18.2 Å². The molecule has 0 atom stereocenters. The molecule has 2 aromatic carbocycles. The van der Waals surface area contributed by atoms with Crippen LogP contribution in [-0.4, -0.2) is 6.61 Å². The van der Waals surface area contributed by atoms with Gasteiger partial charge in [-0.1, -0.05) is 12.1 Å². The van der Waals surface area contributed by atoms with Gasteiger partial charge in [0.25, 0.3) is 0 Å². The summed E-state index contributed by atoms with van der Waals surface area (Å²) in [4.78, 5) is 12.7. The molecule has 1 heterocycles. The first-order valence-corrected chi connectivity index (χ1v) is 8.44. The molecule has 25 heavy (non-hydrogen) atoms. The lowest BCUT2D eigenvalue weighted by atomic mass is 10.1. The lowest BCUT2D eigenvalue weighted by Crippen LogP contribution is -2.08. The van der Waals surface area contributed by atoms with Crippen LogP contribution in [0.1, 0.15) is 30.2 Å². The number of hydrogen-bond acceptors (Lipinski definition) is 4. The minimum Gasteiger partial charge on any atom is -0.494 e. The Labute approximate surface area is 145 Å². The van der Waals surface area contributed by atoms with Gasteiger partial charge in [-0.15, -0.1) is 0 Å². The van der Waals surface area contributed by atoms with E-state index >= 15 is 0 Å². The van der Waals surface area contributed by atoms with E-state index in [-0.39, 0.29) is 5.43 Å². The highest BCUT2D eigenvalue weighted by molar-refractivity contribution is 5.87. The van der Waals surface area contributed by atoms with Crippen molar-refractivity contribution in [3.63, 3.8) is 0 Å². The van der Waals surface area contributed by atoms with Crippen molar-refractivity contribution in [3.05, 3.63) is 69.6 Å². The van der Waals surface area contributed by atoms with Crippen LogP contribution in [-0.2, 0) is 6.42 Å². The number of anilines is 1. The summed E-state index contributed by atoms with van der Waals surface area (Å²) in [6.45, 7) is 2.61. The normalized spacial score (nSPS) is 14.8. The molecule has 3 aromatic rings. The van der Waals surface area contributed by atoms with E-state index in [1.165, 1.54) is 0 Å². The van der Waals surface area contributed by atoms with Crippen molar-refractivity contribution in [3.8, 4) is 5.75 Å². The highest BCUT2D eigenvalue weighted by Gasteiger charge is 2.23. The molecule has 1 aliphatic rings. The predicted octanol–water partition coefficient (Wildman–Crippen LogP) is 4.26. The molecule has 1 aromatic heterocycles. The Morgan fingerprint density at radius 3 is 2.72 bits per heavy atom. The highest BCUT2D eigenvalue weighted by atomic mass is 16.5. The summed E-state index contributed by atoms with van der Waals surface area (Å²) in [7, 11) is 0. The van der Waals surface area contributed by atoms with E-state index < -0.39 is 0 Å². The monoisotopic (exact) mass is 333 g/mol. The van der Waals surface area contributed by atoms with Gasteiger partial charge < -0.3 is 14.9 Å². The van der Waals surface area contributed by atoms with Crippen molar-refractivity contribution in [1.82, 2.24) is 0 Å². The molecule has 0 unspecified atom stereocenters. The largest absolute Gasteiger partial charge is 0.494 e. The average Bonchev–Trinajstić information content (AvgIpc) is 3.00. The molecule has 0 amide bonds. The quantitative estimate of drug-likeness (QED) is 0.727. The van der Waals surface area contributed by atoms with Crippen LogP contribution >= 0.6 is 0 Å². The summed E-state index contributed by atoms with van der Waals surface area (Å²) in [6.07, 6.45) is 3.58. The number of benzene rings is 2. The lowest BCUT2D eigenvalue weighted by Gasteiger charge is -2.05. The molecule has 0 saturated heterocycles. The fourth-order valence-electron chi connectivity index (χ4n) is 3.27. The number of nitrogen functional groups attached to an aromatic ring is 1. The zero-order valence-corrected chi connectivity index (χ0v) is 14.0. The standard InChI is InChI=1S/C21H19NO3/c1-2-24-16-7-3-13(4-8-16)11-14-5-9-18-20(23)17-10-6-15(22)12-19(17)25-21(14)18/h3-4,6-8,10-12H,2,5,9,22H2,1H3/b14-11+. The Morgan fingerprint density at radius 2 is 1.96 bits per heavy atom. The summed E-state index contributed by atoms with van der Waals surface area (Å²) in [5, 5.41) is 0.593. The van der Waals surface area contributed by atoms with Crippen molar-refractivity contribution in [2.45, 2.75) is 19.8 Å². The van der Waals surface area contributed by atoms with E-state index in [4.69, 9.17) is 14.9 Å². The molecule has 0 fully saturated rings. The van der Waals surface area contributed by atoms with Crippen molar-refractivity contribution in [1.29, 1.82) is 0 Å². The third kappa shape index (κ3) is 2.80. The number of ether oxygens (including phenoxy) is 1. The first kappa shape index (κ1) is 15.5. The zero-order chi connectivity index (χ0) is 17.4. The number of fused-ring (bicyclic) bond motifs is 2. The first-order valence-electron chi connectivity index (χ1n) is 8.44. The molecule has 0 bridgehead atoms. The lowest BCUT2D eigenvalue weighted by molar-refractivity contribution is 0.340. The van der Waals surface area contributed by atoms with Gasteiger partial charge in [-0.25, -0.2) is 0 Å². The van der Waals surface area contributed by atoms with E-state index in [1.807, 2.05) is 31.2 Å². The van der Waals surface area contributed by atoms with Crippen molar-refractivity contribution in [2.24, 2.45) is 0 Å². The SMILES string of the molecule is CCOc1ccc(/C=C2\CCc3c2oc2cc(N)ccc2c3=O)cc1. The van der Waals surface area contributed by atoms with Crippen LogP contribution in [0.3, 0.4) is 0 Å². The third-order valence-electron chi connectivity index (χ3n) is 4.48. The maximum atomic E-state index is 12.7. The molecule has 0 saturated carbocycles. The van der Waals surface area contributed by atoms with Gasteiger partial charge >= 0.3 is 0 Å². The fourth-order valence-corrected chi connectivity index (χ4v) is 3.27. The van der Waals surface area contributed by atoms with Crippen LogP contribution in [0.2, 0.25) is 0 Å². The van der Waals surface area contributed by atoms with Gasteiger partial charge in [-0.2, -0.15) is 0 Å². The Bertz CT molecular complexity index is 1030. The molecule has 0 radical (unpaired) electrons. The van der Waals surface area contributed by atoms with Crippen LogP contribution in [0.4, 0.5) is 5.69 Å². The molecule has 0 aliphatic heterocycles. The predicted molar refractivity (Wildman–Crippen MR) is 101 cm³/mol. The van der Waals surface area contributed by atoms with Gasteiger partial charge in [0.05, 0.1) is 12.0 Å². The van der Waals surface area contributed by atoms with Gasteiger partial charge in [0.15, 0.2) is 5.43 Å². The van der Waals surface area contributed by atoms with Crippen LogP contribution in [0.25, 0.3) is 22.6 Å². The summed E-state index contributed by atoms with van der Waals surface area (Å²) in [5.74, 6) is 1.54. The maximum absolute atomic E-state index is 12.7. The summed E-state index contributed by atoms with van der Waals surface area (Å²) in [5.41, 5.74) is 9.87. The van der Waals surface area contributed by atoms with Gasteiger partial charge in [0.1, 0.15) is 17.1 Å². The second-order valence-electron chi connectivity index (χ2n) is 6.17. The Hall–Kier alpha value is -3.01. The van der Waals surface area contributed by atoms with Crippen molar-refractivity contribution < 1.29 is 9.15 Å². The minimum atomic E-state index is 0.0475. The van der Waals surface area contributed by atoms with Crippen LogP contribution in [0.5, 0.6) is 5.75 Å². The Morgan fingerprint density at radius 1 is 1.16 bits per heavy atom. The molecular formula is C21H19NO3. The minimum absolute atomic E-state index is 0.0475. The van der Waals surface area contributed by atoms with Gasteiger partial charge in [0.2, 0.25) is 0 Å². The summed E-state index contributed by atoms with van der Waals surface area (Å²) < 4.78 is 11.5. The first-order chi connectivity index (χ1) is 12.2. The number of hydrogen-bond donors (Lipinski definition) is 1. The Kier molecular flexibility index (Phi) is 3.80. The number of allylic oxidation sites excluding steroid dienone is 1. The van der Waals surface area contributed by atoms with E-state index in [2.05, 4.69) is 6.08 Å². The fraction of sp³-hybridized carbons (Fsp3) is 0.190. The van der Waals surface area contributed by atoms with Crippen LogP contribution in [0.15, 0.2) is 51.7 Å². The summed E-state index contributed by atoms with van der Waals surface area (Å²) in [6, 6.07) is 13.1. The topological polar surface area (TPSA) is 65.5 Å². The molecule has 1 aliphatic carbocycles. The van der Waals surface area contributed by atoms with E-state index in [0.717, 1.165) is 28.9 Å². The highest BCUT2D eigenvalue weighted by Crippen LogP contribution is 2.34. The average molecular weight is 333 g/mol. The second-order valence-corrected chi connectivity index (χ2v) is 6.17. The van der Waals surface area contributed by atoms with E-state index in [9.17, 15) is 4.79 Å². The summed E-state index contributed by atoms with van der Waals surface area (Å²) >= 11 is 0. The number of rotatable bonds is 3. The van der Waals surface area contributed by atoms with Gasteiger partial charge in [-0.3, -0.25) is 4.79 Å². The third-order valence-corrected chi connectivity index (χ3v) is 4.48. The Balaban J connectivity index is 1.78. The molecule has 4 rings (SSSR count). The molecule has 4 nitrogen and oxygen atoms in total. The molecule has 2 N–H and O–H groups in total. The molecular weight excluding hydrogens is 314 g/mol. The molecule has 0 spiro atoms. The molecule has 4 heteroatoms. The van der Waals surface area contributed by atoms with Crippen LogP contribution < -0.4 is 15.9 Å². The van der Waals surface area contributed by atoms with Gasteiger partial charge in [-0.05, 0) is 61.2 Å². The zero-order valence-electron chi connectivity index (χ0n) is 14.0. The van der Waals surface area contributed by atoms with Crippen LogP contribution in [0, 0.1) is 0 Å². The van der Waals surface area contributed by atoms with Crippen molar-refractivity contribution in [2.75, 3.05) is 12.3 Å². The van der Waals surface area contributed by atoms with E-state index in [0.29, 0.717) is 35.4 Å². The smallest absolute Gasteiger partial charge is 0.196 e. The number of nitrogens with two attached hydrogens (primary N) is 1. The molecule has 126 valence electrons.